The van der Waals surface area contributed by atoms with Crippen LogP contribution in [-0.4, -0.2) is 53.0 Å². The van der Waals surface area contributed by atoms with Crippen LogP contribution in [0.1, 0.15) is 47.1 Å². The van der Waals surface area contributed by atoms with Crippen molar-refractivity contribution in [2.24, 2.45) is 7.05 Å². The zero-order valence-electron chi connectivity index (χ0n) is 21.8. The minimum Gasteiger partial charge on any atom is -0.482 e. The molecule has 0 aliphatic heterocycles. The molecule has 0 radical (unpaired) electrons. The molecular weight excluding hydrogens is 517 g/mol. The number of carbonyl (C=O) groups excluding carboxylic acids is 2. The molecule has 0 bridgehead atoms. The van der Waals surface area contributed by atoms with Gasteiger partial charge in [-0.1, -0.05) is 56.3 Å². The van der Waals surface area contributed by atoms with Crippen LogP contribution < -0.4 is 15.4 Å². The Bertz CT molecular complexity index is 1280. The van der Waals surface area contributed by atoms with Crippen molar-refractivity contribution >= 4 is 40.1 Å². The molecule has 0 fully saturated rings. The van der Waals surface area contributed by atoms with Gasteiger partial charge in [-0.05, 0) is 24.1 Å². The van der Waals surface area contributed by atoms with E-state index < -0.39 is 17.9 Å². The second kappa shape index (κ2) is 14.4. The van der Waals surface area contributed by atoms with Gasteiger partial charge < -0.3 is 30.2 Å². The summed E-state index contributed by atoms with van der Waals surface area (Å²) in [5.74, 6) is -0.713. The SMILES string of the molecule is C=C(OF)c1ccc([C@@H](CO)NC(=O)c2cc3c(C)c(Cl)c(OCC(=O)NCCO)cc3n2C)cc1.CC. The standard InChI is InChI=1S/C25H27ClFN3O6.C2H6/c1-14-18-10-21(25(34)29-19(12-32)17-6-4-16(5-7-17)15(2)36-27)30(3)20(18)11-22(24(14)26)35-13-23(33)28-8-9-31;1-2/h4-7,10-11,19,31-32H,2,8-9,12-13H2,1,3H3,(H,28,33)(H,29,34);1-2H3/t19-;/m1./s1. The summed E-state index contributed by atoms with van der Waals surface area (Å²) in [6.07, 6.45) is 0. The number of hydrogen-bond donors (Lipinski definition) is 4. The molecule has 0 saturated carbocycles. The van der Waals surface area contributed by atoms with E-state index in [0.29, 0.717) is 32.9 Å². The third-order valence-electron chi connectivity index (χ3n) is 5.74. The van der Waals surface area contributed by atoms with E-state index in [-0.39, 0.29) is 37.9 Å². The van der Waals surface area contributed by atoms with Gasteiger partial charge in [-0.15, -0.1) is 0 Å². The average molecular weight is 550 g/mol. The van der Waals surface area contributed by atoms with Gasteiger partial charge in [0.2, 0.25) is 0 Å². The maximum Gasteiger partial charge on any atom is 0.268 e. The molecule has 0 saturated heterocycles. The first-order valence-electron chi connectivity index (χ1n) is 12.0. The fraction of sp³-hybridized carbons (Fsp3) is 0.333. The van der Waals surface area contributed by atoms with E-state index in [2.05, 4.69) is 22.2 Å². The summed E-state index contributed by atoms with van der Waals surface area (Å²) in [6.45, 7) is 8.50. The zero-order chi connectivity index (χ0) is 28.4. The number of aromatic nitrogens is 1. The second-order valence-electron chi connectivity index (χ2n) is 8.03. The number of aliphatic hydroxyl groups is 2. The Hall–Kier alpha value is -3.60. The van der Waals surface area contributed by atoms with Gasteiger partial charge in [0, 0.05) is 35.1 Å². The summed E-state index contributed by atoms with van der Waals surface area (Å²) in [5, 5.41) is 25.0. The van der Waals surface area contributed by atoms with E-state index in [1.54, 1.807) is 54.9 Å². The highest BCUT2D eigenvalue weighted by atomic mass is 35.5. The van der Waals surface area contributed by atoms with Crippen LogP contribution in [-0.2, 0) is 16.8 Å². The van der Waals surface area contributed by atoms with Crippen molar-refractivity contribution in [1.82, 2.24) is 15.2 Å². The molecule has 2 aromatic carbocycles. The number of benzene rings is 2. The Morgan fingerprint density at radius 2 is 1.84 bits per heavy atom. The molecule has 3 rings (SSSR count). The lowest BCUT2D eigenvalue weighted by molar-refractivity contribution is -0.123. The summed E-state index contributed by atoms with van der Waals surface area (Å²) in [5.41, 5.74) is 2.67. The number of fused-ring (bicyclic) bond motifs is 1. The summed E-state index contributed by atoms with van der Waals surface area (Å²) >= 11 is 6.46. The van der Waals surface area contributed by atoms with Crippen LogP contribution in [0.15, 0.2) is 43.0 Å². The van der Waals surface area contributed by atoms with E-state index in [4.69, 9.17) is 21.4 Å². The molecule has 9 nitrogen and oxygen atoms in total. The van der Waals surface area contributed by atoms with E-state index >= 15 is 0 Å². The Balaban J connectivity index is 0.00000247. The topological polar surface area (TPSA) is 122 Å². The van der Waals surface area contributed by atoms with Gasteiger partial charge in [-0.25, -0.2) is 0 Å². The van der Waals surface area contributed by atoms with Crippen molar-refractivity contribution in [3.63, 3.8) is 0 Å². The monoisotopic (exact) mass is 549 g/mol. The fourth-order valence-corrected chi connectivity index (χ4v) is 3.92. The van der Waals surface area contributed by atoms with Crippen molar-refractivity contribution in [2.45, 2.75) is 26.8 Å². The Labute approximate surface area is 225 Å². The number of hydrogen-bond acceptors (Lipinski definition) is 6. The van der Waals surface area contributed by atoms with E-state index in [9.17, 15) is 19.2 Å². The first-order valence-corrected chi connectivity index (χ1v) is 12.4. The quantitative estimate of drug-likeness (QED) is 0.268. The first-order chi connectivity index (χ1) is 18.2. The van der Waals surface area contributed by atoms with Crippen LogP contribution >= 0.6 is 11.6 Å². The van der Waals surface area contributed by atoms with Gasteiger partial charge in [-0.2, -0.15) is 0 Å². The minimum absolute atomic E-state index is 0.116. The van der Waals surface area contributed by atoms with E-state index in [1.807, 2.05) is 13.8 Å². The molecule has 2 amide bonds. The van der Waals surface area contributed by atoms with Crippen molar-refractivity contribution in [1.29, 1.82) is 0 Å². The highest BCUT2D eigenvalue weighted by molar-refractivity contribution is 6.34. The number of rotatable bonds is 11. The lowest BCUT2D eigenvalue weighted by Crippen LogP contribution is -2.32. The Morgan fingerprint density at radius 1 is 1.18 bits per heavy atom. The molecule has 4 N–H and O–H groups in total. The fourth-order valence-electron chi connectivity index (χ4n) is 3.71. The molecule has 0 aliphatic carbocycles. The third kappa shape index (κ3) is 7.03. The molecule has 0 unspecified atom stereocenters. The summed E-state index contributed by atoms with van der Waals surface area (Å²) in [4.78, 5) is 28.6. The highest BCUT2D eigenvalue weighted by Gasteiger charge is 2.21. The molecule has 206 valence electrons. The summed E-state index contributed by atoms with van der Waals surface area (Å²) < 4.78 is 19.6. The van der Waals surface area contributed by atoms with Gasteiger partial charge in [-0.3, -0.25) is 14.5 Å². The number of nitrogens with zero attached hydrogens (tertiary/aromatic N) is 1. The predicted molar refractivity (Wildman–Crippen MR) is 145 cm³/mol. The molecule has 0 spiro atoms. The van der Waals surface area contributed by atoms with Crippen molar-refractivity contribution < 1.29 is 34.0 Å². The van der Waals surface area contributed by atoms with Crippen molar-refractivity contribution in [3.05, 3.63) is 70.4 Å². The van der Waals surface area contributed by atoms with E-state index in [1.165, 1.54) is 0 Å². The predicted octanol–water partition coefficient (Wildman–Crippen LogP) is 3.99. The second-order valence-corrected chi connectivity index (χ2v) is 8.41. The molecule has 1 atom stereocenters. The number of aryl methyl sites for hydroxylation is 2. The number of carbonyl (C=O) groups is 2. The maximum absolute atomic E-state index is 13.1. The van der Waals surface area contributed by atoms with Crippen LogP contribution in [0, 0.1) is 6.92 Å². The van der Waals surface area contributed by atoms with Crippen LogP contribution in [0.25, 0.3) is 16.7 Å². The van der Waals surface area contributed by atoms with Crippen molar-refractivity contribution in [3.8, 4) is 5.75 Å². The molecule has 1 aromatic heterocycles. The van der Waals surface area contributed by atoms with Gasteiger partial charge in [0.25, 0.3) is 11.8 Å². The third-order valence-corrected chi connectivity index (χ3v) is 6.21. The molecule has 38 heavy (non-hydrogen) atoms. The van der Waals surface area contributed by atoms with Crippen molar-refractivity contribution in [2.75, 3.05) is 26.4 Å². The number of aliphatic hydroxyl groups excluding tert-OH is 2. The lowest BCUT2D eigenvalue weighted by Gasteiger charge is -2.17. The number of amides is 2. The van der Waals surface area contributed by atoms with Crippen LogP contribution in [0.4, 0.5) is 4.53 Å². The molecule has 11 heteroatoms. The summed E-state index contributed by atoms with van der Waals surface area (Å²) in [6, 6.07) is 9.01. The minimum atomic E-state index is -0.717. The number of nitrogens with one attached hydrogen (secondary N) is 2. The first kappa shape index (κ1) is 30.6. The van der Waals surface area contributed by atoms with Crippen LogP contribution in [0.2, 0.25) is 5.02 Å². The Kier molecular flexibility index (Phi) is 11.6. The molecule has 0 aliphatic rings. The largest absolute Gasteiger partial charge is 0.482 e. The van der Waals surface area contributed by atoms with E-state index in [0.717, 1.165) is 5.39 Å². The van der Waals surface area contributed by atoms with Crippen LogP contribution in [0.3, 0.4) is 0 Å². The van der Waals surface area contributed by atoms with Gasteiger partial charge in [0.05, 0.1) is 29.8 Å². The van der Waals surface area contributed by atoms with Gasteiger partial charge >= 0.3 is 0 Å². The number of halogens is 2. The molecule has 1 heterocycles. The normalized spacial score (nSPS) is 11.3. The summed E-state index contributed by atoms with van der Waals surface area (Å²) in [7, 11) is 1.70. The Morgan fingerprint density at radius 3 is 2.42 bits per heavy atom. The number of ether oxygens (including phenoxy) is 1. The van der Waals surface area contributed by atoms with Gasteiger partial charge in [0.15, 0.2) is 12.4 Å². The highest BCUT2D eigenvalue weighted by Crippen LogP contribution is 2.36. The van der Waals surface area contributed by atoms with Gasteiger partial charge in [0.1, 0.15) is 11.4 Å². The zero-order valence-corrected chi connectivity index (χ0v) is 22.6. The molecular formula is C27H33ClFN3O6. The average Bonchev–Trinajstić information content (AvgIpc) is 3.28. The lowest BCUT2D eigenvalue weighted by atomic mass is 10.0. The maximum atomic E-state index is 13.1. The molecule has 3 aromatic rings. The van der Waals surface area contributed by atoms with Crippen LogP contribution in [0.5, 0.6) is 5.75 Å². The smallest absolute Gasteiger partial charge is 0.268 e.